The Balaban J connectivity index is 2.35. The second-order valence-corrected chi connectivity index (χ2v) is 8.05. The minimum absolute atomic E-state index is 0.0246. The Morgan fingerprint density at radius 2 is 1.85 bits per heavy atom. The average Bonchev–Trinajstić information content (AvgIpc) is 2.40. The van der Waals surface area contributed by atoms with Gasteiger partial charge in [-0.3, -0.25) is 0 Å². The van der Waals surface area contributed by atoms with E-state index in [1.54, 1.807) is 17.8 Å². The molecule has 0 N–H and O–H groups in total. The maximum atomic E-state index is 11.3. The Morgan fingerprint density at radius 1 is 1.15 bits per heavy atom. The van der Waals surface area contributed by atoms with Crippen molar-refractivity contribution >= 4 is 47.4 Å². The van der Waals surface area contributed by atoms with E-state index in [4.69, 9.17) is 15.4 Å². The summed E-state index contributed by atoms with van der Waals surface area (Å²) in [7, 11) is 1.55. The average molecular weight is 394 g/mol. The first kappa shape index (κ1) is 15.7. The SMILES string of the molecule is CSc1ccccc1Oc1ccc(S(=O)(=O)Cl)cc1Br. The molecule has 0 radical (unpaired) electrons. The molecular formula is C13H10BrClO3S2. The number of para-hydroxylation sites is 1. The first-order chi connectivity index (χ1) is 9.41. The number of hydrogen-bond donors (Lipinski definition) is 0. The molecule has 7 heteroatoms. The van der Waals surface area contributed by atoms with Gasteiger partial charge in [-0.2, -0.15) is 0 Å². The highest BCUT2D eigenvalue weighted by atomic mass is 79.9. The van der Waals surface area contributed by atoms with Crippen molar-refractivity contribution < 1.29 is 13.2 Å². The maximum absolute atomic E-state index is 11.3. The van der Waals surface area contributed by atoms with Crippen LogP contribution in [0.1, 0.15) is 0 Å². The van der Waals surface area contributed by atoms with Crippen molar-refractivity contribution in [3.05, 3.63) is 46.9 Å². The topological polar surface area (TPSA) is 43.4 Å². The Kier molecular flexibility index (Phi) is 5.01. The molecule has 0 atom stereocenters. The van der Waals surface area contributed by atoms with Gasteiger partial charge in [-0.25, -0.2) is 8.42 Å². The standard InChI is InChI=1S/C13H10BrClO3S2/c1-19-13-5-3-2-4-12(13)18-11-7-6-9(8-10(11)14)20(15,16)17/h2-8H,1H3. The fourth-order valence-corrected chi connectivity index (χ4v) is 3.45. The van der Waals surface area contributed by atoms with Gasteiger partial charge in [0.1, 0.15) is 11.5 Å². The lowest BCUT2D eigenvalue weighted by Crippen LogP contribution is -1.92. The number of thioether (sulfide) groups is 1. The van der Waals surface area contributed by atoms with Gasteiger partial charge in [-0.05, 0) is 52.5 Å². The highest BCUT2D eigenvalue weighted by molar-refractivity contribution is 9.10. The molecular weight excluding hydrogens is 384 g/mol. The van der Waals surface area contributed by atoms with E-state index >= 15 is 0 Å². The molecule has 0 heterocycles. The summed E-state index contributed by atoms with van der Waals surface area (Å²) in [5.74, 6) is 1.23. The highest BCUT2D eigenvalue weighted by Crippen LogP contribution is 2.36. The van der Waals surface area contributed by atoms with Crippen molar-refractivity contribution in [2.45, 2.75) is 9.79 Å². The lowest BCUT2D eigenvalue weighted by Gasteiger charge is -2.11. The third kappa shape index (κ3) is 3.69. The fraction of sp³-hybridized carbons (Fsp3) is 0.0769. The van der Waals surface area contributed by atoms with Gasteiger partial charge in [0.25, 0.3) is 9.05 Å². The summed E-state index contributed by atoms with van der Waals surface area (Å²) < 4.78 is 28.8. The first-order valence-corrected chi connectivity index (χ1v) is 9.79. The van der Waals surface area contributed by atoms with E-state index in [1.165, 1.54) is 12.1 Å². The van der Waals surface area contributed by atoms with Crippen LogP contribution in [0.2, 0.25) is 0 Å². The first-order valence-electron chi connectivity index (χ1n) is 5.47. The number of benzene rings is 2. The van der Waals surface area contributed by atoms with Crippen LogP contribution in [0.15, 0.2) is 56.7 Å². The van der Waals surface area contributed by atoms with Gasteiger partial charge in [-0.15, -0.1) is 11.8 Å². The van der Waals surface area contributed by atoms with Gasteiger partial charge in [0.05, 0.1) is 9.37 Å². The van der Waals surface area contributed by atoms with Crippen LogP contribution in [0.4, 0.5) is 0 Å². The van der Waals surface area contributed by atoms with Gasteiger partial charge >= 0.3 is 0 Å². The molecule has 2 aromatic rings. The van der Waals surface area contributed by atoms with E-state index in [-0.39, 0.29) is 4.90 Å². The lowest BCUT2D eigenvalue weighted by molar-refractivity contribution is 0.468. The number of halogens is 2. The van der Waals surface area contributed by atoms with Crippen molar-refractivity contribution in [1.29, 1.82) is 0 Å². The van der Waals surface area contributed by atoms with Gasteiger partial charge in [-0.1, -0.05) is 12.1 Å². The van der Waals surface area contributed by atoms with Crippen molar-refractivity contribution in [3.8, 4) is 11.5 Å². The molecule has 0 aliphatic heterocycles. The zero-order chi connectivity index (χ0) is 14.8. The Bertz CT molecular complexity index is 732. The van der Waals surface area contributed by atoms with Crippen molar-refractivity contribution in [2.75, 3.05) is 6.26 Å². The summed E-state index contributed by atoms with van der Waals surface area (Å²) in [6.07, 6.45) is 1.96. The molecule has 0 aliphatic rings. The van der Waals surface area contributed by atoms with Crippen LogP contribution in [-0.2, 0) is 9.05 Å². The highest BCUT2D eigenvalue weighted by Gasteiger charge is 2.13. The van der Waals surface area contributed by atoms with E-state index in [2.05, 4.69) is 15.9 Å². The quantitative estimate of drug-likeness (QED) is 0.548. The molecule has 2 aromatic carbocycles. The number of ether oxygens (including phenoxy) is 1. The molecule has 3 nitrogen and oxygen atoms in total. The van der Waals surface area contributed by atoms with Crippen molar-refractivity contribution in [3.63, 3.8) is 0 Å². The minimum Gasteiger partial charge on any atom is -0.455 e. The normalized spacial score (nSPS) is 11.3. The van der Waals surface area contributed by atoms with Gasteiger partial charge in [0.15, 0.2) is 0 Å². The largest absolute Gasteiger partial charge is 0.455 e. The molecule has 0 saturated heterocycles. The zero-order valence-electron chi connectivity index (χ0n) is 10.3. The van der Waals surface area contributed by atoms with E-state index in [0.717, 1.165) is 4.90 Å². The molecule has 0 saturated carbocycles. The Morgan fingerprint density at radius 3 is 2.45 bits per heavy atom. The van der Waals surface area contributed by atoms with Gasteiger partial charge in [0, 0.05) is 15.6 Å². The molecule has 106 valence electrons. The van der Waals surface area contributed by atoms with E-state index in [0.29, 0.717) is 16.0 Å². The predicted molar refractivity (Wildman–Crippen MR) is 85.5 cm³/mol. The zero-order valence-corrected chi connectivity index (χ0v) is 14.3. The summed E-state index contributed by atoms with van der Waals surface area (Å²) in [5, 5.41) is 0. The smallest absolute Gasteiger partial charge is 0.261 e. The second-order valence-electron chi connectivity index (χ2n) is 3.78. The molecule has 0 aromatic heterocycles. The van der Waals surface area contributed by atoms with Crippen molar-refractivity contribution in [2.24, 2.45) is 0 Å². The van der Waals surface area contributed by atoms with E-state index in [1.807, 2.05) is 30.5 Å². The van der Waals surface area contributed by atoms with Crippen LogP contribution >= 0.6 is 38.4 Å². The van der Waals surface area contributed by atoms with E-state index < -0.39 is 9.05 Å². The molecule has 0 amide bonds. The number of rotatable bonds is 4. The van der Waals surface area contributed by atoms with Crippen LogP contribution < -0.4 is 4.74 Å². The summed E-state index contributed by atoms with van der Waals surface area (Å²) in [4.78, 5) is 1.02. The van der Waals surface area contributed by atoms with Crippen LogP contribution in [0.3, 0.4) is 0 Å². The lowest BCUT2D eigenvalue weighted by atomic mass is 10.3. The molecule has 0 aliphatic carbocycles. The van der Waals surface area contributed by atoms with Crippen LogP contribution in [0.5, 0.6) is 11.5 Å². The summed E-state index contributed by atoms with van der Waals surface area (Å²) in [6, 6.07) is 12.0. The molecule has 0 spiro atoms. The summed E-state index contributed by atoms with van der Waals surface area (Å²) in [5.41, 5.74) is 0. The third-order valence-corrected chi connectivity index (χ3v) is 5.22. The Labute approximate surface area is 134 Å². The van der Waals surface area contributed by atoms with Crippen LogP contribution in [-0.4, -0.2) is 14.7 Å². The van der Waals surface area contributed by atoms with Gasteiger partial charge in [0.2, 0.25) is 0 Å². The van der Waals surface area contributed by atoms with E-state index in [9.17, 15) is 8.42 Å². The fourth-order valence-electron chi connectivity index (χ4n) is 1.54. The molecule has 20 heavy (non-hydrogen) atoms. The third-order valence-electron chi connectivity index (χ3n) is 2.47. The van der Waals surface area contributed by atoms with Crippen LogP contribution in [0.25, 0.3) is 0 Å². The Hall–Kier alpha value is -0.690. The maximum Gasteiger partial charge on any atom is 0.261 e. The number of hydrogen-bond acceptors (Lipinski definition) is 4. The van der Waals surface area contributed by atoms with Gasteiger partial charge < -0.3 is 4.74 Å². The molecule has 0 fully saturated rings. The molecule has 0 unspecified atom stereocenters. The minimum atomic E-state index is -3.75. The molecule has 2 rings (SSSR count). The van der Waals surface area contributed by atoms with Crippen LogP contribution in [0, 0.1) is 0 Å². The monoisotopic (exact) mass is 392 g/mol. The van der Waals surface area contributed by atoms with Crippen molar-refractivity contribution in [1.82, 2.24) is 0 Å². The summed E-state index contributed by atoms with van der Waals surface area (Å²) in [6.45, 7) is 0. The summed E-state index contributed by atoms with van der Waals surface area (Å²) >= 11 is 4.86. The molecule has 0 bridgehead atoms. The predicted octanol–water partition coefficient (Wildman–Crippen LogP) is 4.89. The second kappa shape index (κ2) is 6.39.